The van der Waals surface area contributed by atoms with Crippen LogP contribution in [0.25, 0.3) is 0 Å². The predicted molar refractivity (Wildman–Crippen MR) is 115 cm³/mol. The molecule has 4 bridgehead atoms. The van der Waals surface area contributed by atoms with Crippen LogP contribution in [0.1, 0.15) is 38.5 Å². The van der Waals surface area contributed by atoms with Crippen LogP contribution < -0.4 is 0 Å². The zero-order valence-electron chi connectivity index (χ0n) is 15.9. The molecule has 0 aromatic rings. The molecular formula is C22H32O2Si2. The number of hydrogen-bond acceptors (Lipinski definition) is 2. The molecule has 4 aliphatic rings. The lowest BCUT2D eigenvalue weighted by Gasteiger charge is -2.63. The van der Waals surface area contributed by atoms with E-state index < -0.39 is 16.6 Å². The Morgan fingerprint density at radius 3 is 1.19 bits per heavy atom. The second-order valence-electron chi connectivity index (χ2n) is 8.46. The molecule has 4 rings (SSSR count). The Morgan fingerprint density at radius 1 is 0.615 bits per heavy atom. The fourth-order valence-corrected chi connectivity index (χ4v) is 9.31. The van der Waals surface area contributed by atoms with E-state index in [1.54, 1.807) is 0 Å². The third-order valence-electron chi connectivity index (χ3n) is 6.65. The summed E-state index contributed by atoms with van der Waals surface area (Å²) < 4.78 is 13.7. The van der Waals surface area contributed by atoms with Crippen LogP contribution in [0.15, 0.2) is 73.7 Å². The molecule has 26 heavy (non-hydrogen) atoms. The van der Waals surface area contributed by atoms with Gasteiger partial charge in [-0.1, -0.05) is 34.2 Å². The molecule has 0 atom stereocenters. The quantitative estimate of drug-likeness (QED) is 0.472. The summed E-state index contributed by atoms with van der Waals surface area (Å²) in [7, 11) is -4.66. The van der Waals surface area contributed by atoms with E-state index in [9.17, 15) is 0 Å². The first-order valence-electron chi connectivity index (χ1n) is 9.57. The van der Waals surface area contributed by atoms with Gasteiger partial charge in [0.1, 0.15) is 0 Å². The van der Waals surface area contributed by atoms with Crippen molar-refractivity contribution in [1.29, 1.82) is 0 Å². The van der Waals surface area contributed by atoms with E-state index in [0.29, 0.717) is 11.8 Å². The van der Waals surface area contributed by atoms with Gasteiger partial charge in [-0.05, 0) is 43.9 Å². The van der Waals surface area contributed by atoms with Gasteiger partial charge in [-0.15, -0.1) is 39.5 Å². The highest BCUT2D eigenvalue weighted by atomic mass is 28.4. The molecule has 0 heterocycles. The Bertz CT molecular complexity index is 541. The molecule has 0 unspecified atom stereocenters. The van der Waals surface area contributed by atoms with Gasteiger partial charge < -0.3 is 8.85 Å². The first-order valence-corrected chi connectivity index (χ1v) is 13.8. The van der Waals surface area contributed by atoms with Crippen molar-refractivity contribution in [1.82, 2.24) is 0 Å². The van der Waals surface area contributed by atoms with Crippen molar-refractivity contribution in [3.05, 3.63) is 73.7 Å². The highest BCUT2D eigenvalue weighted by Crippen LogP contribution is 2.61. The van der Waals surface area contributed by atoms with Crippen molar-refractivity contribution in [2.45, 2.75) is 49.7 Å². The van der Waals surface area contributed by atoms with Crippen LogP contribution in [-0.2, 0) is 8.85 Å². The van der Waals surface area contributed by atoms with Gasteiger partial charge in [0, 0.05) is 6.42 Å². The van der Waals surface area contributed by atoms with Crippen molar-refractivity contribution < 1.29 is 8.85 Å². The molecule has 0 aliphatic heterocycles. The molecule has 4 heteroatoms. The summed E-state index contributed by atoms with van der Waals surface area (Å²) in [5, 5.41) is 0. The van der Waals surface area contributed by atoms with Gasteiger partial charge in [-0.25, -0.2) is 0 Å². The Hall–Kier alpha value is -1.21. The monoisotopic (exact) mass is 384 g/mol. The van der Waals surface area contributed by atoms with Gasteiger partial charge in [0.2, 0.25) is 0 Å². The maximum absolute atomic E-state index is 6.87. The molecule has 0 aromatic heterocycles. The van der Waals surface area contributed by atoms with E-state index in [2.05, 4.69) is 39.5 Å². The minimum atomic E-state index is -2.33. The molecule has 4 fully saturated rings. The first-order chi connectivity index (χ1) is 12.3. The van der Waals surface area contributed by atoms with Crippen molar-refractivity contribution in [2.24, 2.45) is 11.8 Å². The summed E-state index contributed by atoms with van der Waals surface area (Å²) in [6, 6.07) is 0. The molecule has 0 spiro atoms. The normalized spacial score (nSPS) is 35.5. The van der Waals surface area contributed by atoms with Crippen LogP contribution in [0.4, 0.5) is 0 Å². The summed E-state index contributed by atoms with van der Waals surface area (Å²) in [5.74, 6) is 1.32. The van der Waals surface area contributed by atoms with E-state index in [1.807, 2.05) is 34.2 Å². The van der Waals surface area contributed by atoms with Gasteiger partial charge in [0.25, 0.3) is 16.6 Å². The zero-order chi connectivity index (χ0) is 19.1. The molecule has 4 aliphatic carbocycles. The van der Waals surface area contributed by atoms with Crippen molar-refractivity contribution >= 4 is 16.6 Å². The topological polar surface area (TPSA) is 18.5 Å². The largest absolute Gasteiger partial charge is 0.400 e. The molecule has 4 saturated carbocycles. The average molecular weight is 385 g/mol. The van der Waals surface area contributed by atoms with E-state index >= 15 is 0 Å². The number of rotatable bonds is 10. The minimum Gasteiger partial charge on any atom is -0.400 e. The van der Waals surface area contributed by atoms with Gasteiger partial charge in [0.05, 0.1) is 11.2 Å². The average Bonchev–Trinajstić information content (AvgIpc) is 2.63. The lowest BCUT2D eigenvalue weighted by atomic mass is 9.52. The van der Waals surface area contributed by atoms with Crippen LogP contribution in [-0.4, -0.2) is 27.8 Å². The Labute approximate surface area is 160 Å². The molecule has 0 aromatic carbocycles. The smallest absolute Gasteiger partial charge is 0.265 e. The standard InChI is InChI=1S/C22H32O2Si2/c1-7-25(8-2,9-3)23-21-14-19-13-20(15-21)17-22(16-19,18-21)24-26(10-4,11-5)12-6/h7-12,19-20H,1-6,13-18H2. The van der Waals surface area contributed by atoms with E-state index in [4.69, 9.17) is 8.85 Å². The second kappa shape index (κ2) is 6.75. The summed E-state index contributed by atoms with van der Waals surface area (Å²) in [6.45, 7) is 24.1. The maximum Gasteiger partial charge on any atom is 0.265 e. The summed E-state index contributed by atoms with van der Waals surface area (Å²) in [5.41, 5.74) is 11.4. The molecular weight excluding hydrogens is 352 g/mol. The number of hydrogen-bond donors (Lipinski definition) is 0. The summed E-state index contributed by atoms with van der Waals surface area (Å²) in [4.78, 5) is 0. The molecule has 0 radical (unpaired) electrons. The van der Waals surface area contributed by atoms with E-state index in [1.165, 1.54) is 6.42 Å². The molecule has 2 nitrogen and oxygen atoms in total. The van der Waals surface area contributed by atoms with E-state index in [0.717, 1.165) is 32.1 Å². The minimum absolute atomic E-state index is 0.142. The second-order valence-corrected chi connectivity index (χ2v) is 14.7. The summed E-state index contributed by atoms with van der Waals surface area (Å²) in [6.07, 6.45) is 6.69. The lowest BCUT2D eigenvalue weighted by Crippen LogP contribution is -2.65. The fourth-order valence-electron chi connectivity index (χ4n) is 5.83. The maximum atomic E-state index is 6.87. The third-order valence-corrected chi connectivity index (χ3v) is 12.1. The van der Waals surface area contributed by atoms with E-state index in [-0.39, 0.29) is 11.2 Å². The SMILES string of the molecule is C=C[Si](C=C)(C=C)OC12CC3CC(C1)CC(O[Si](C=C)(C=C)C=C)(C3)C2. The van der Waals surface area contributed by atoms with Crippen molar-refractivity contribution in [3.8, 4) is 0 Å². The zero-order valence-corrected chi connectivity index (χ0v) is 17.9. The van der Waals surface area contributed by atoms with Crippen LogP contribution in [0.2, 0.25) is 0 Å². The molecule has 140 valence electrons. The highest BCUT2D eigenvalue weighted by molar-refractivity contribution is 6.88. The van der Waals surface area contributed by atoms with Gasteiger partial charge in [-0.2, -0.15) is 0 Å². The predicted octanol–water partition coefficient (Wildman–Crippen LogP) is 5.35. The Kier molecular flexibility index (Phi) is 5.08. The van der Waals surface area contributed by atoms with Crippen molar-refractivity contribution in [3.63, 3.8) is 0 Å². The van der Waals surface area contributed by atoms with Crippen LogP contribution >= 0.6 is 0 Å². The lowest BCUT2D eigenvalue weighted by molar-refractivity contribution is -0.181. The first kappa shape index (κ1) is 19.6. The third kappa shape index (κ3) is 3.13. The van der Waals surface area contributed by atoms with Crippen LogP contribution in [0.3, 0.4) is 0 Å². The highest BCUT2D eigenvalue weighted by Gasteiger charge is 2.61. The molecule has 0 N–H and O–H groups in total. The van der Waals surface area contributed by atoms with Gasteiger partial charge in [0.15, 0.2) is 0 Å². The fraction of sp³-hybridized carbons (Fsp3) is 0.455. The summed E-state index contributed by atoms with van der Waals surface area (Å²) >= 11 is 0. The van der Waals surface area contributed by atoms with Gasteiger partial charge >= 0.3 is 0 Å². The van der Waals surface area contributed by atoms with Gasteiger partial charge in [-0.3, -0.25) is 0 Å². The van der Waals surface area contributed by atoms with Crippen molar-refractivity contribution in [2.75, 3.05) is 0 Å². The van der Waals surface area contributed by atoms with Crippen LogP contribution in [0, 0.1) is 11.8 Å². The molecule has 0 amide bonds. The Balaban J connectivity index is 1.94. The van der Waals surface area contributed by atoms with Crippen LogP contribution in [0.5, 0.6) is 0 Å². The Morgan fingerprint density at radius 2 is 0.923 bits per heavy atom. The molecule has 0 saturated heterocycles.